The van der Waals surface area contributed by atoms with Crippen molar-refractivity contribution in [1.29, 1.82) is 0 Å². The molecule has 4 heteroatoms. The smallest absolute Gasteiger partial charge is 0.253 e. The van der Waals surface area contributed by atoms with Gasteiger partial charge in [0.2, 0.25) is 0 Å². The second-order valence-electron chi connectivity index (χ2n) is 8.48. The quantitative estimate of drug-likeness (QED) is 0.392. The molecule has 0 N–H and O–H groups in total. The predicted octanol–water partition coefficient (Wildman–Crippen LogP) is 5.57. The zero-order chi connectivity index (χ0) is 22.7. The van der Waals surface area contributed by atoms with E-state index in [1.165, 1.54) is 5.56 Å². The van der Waals surface area contributed by atoms with Gasteiger partial charge in [-0.3, -0.25) is 14.8 Å². The van der Waals surface area contributed by atoms with Crippen LogP contribution in [0.2, 0.25) is 0 Å². The Morgan fingerprint density at radius 3 is 2.45 bits per heavy atom. The number of benzene rings is 1. The molecule has 3 rings (SSSR count). The second kappa shape index (κ2) is 9.25. The average Bonchev–Trinajstić information content (AvgIpc) is 2.69. The van der Waals surface area contributed by atoms with Gasteiger partial charge in [-0.25, -0.2) is 0 Å². The number of carbonyl (C=O) groups excluding carboxylic acids is 1. The van der Waals surface area contributed by atoms with Gasteiger partial charge in [0.05, 0.1) is 5.52 Å². The van der Waals surface area contributed by atoms with E-state index in [9.17, 15) is 4.79 Å². The van der Waals surface area contributed by atoms with Gasteiger partial charge in [0.25, 0.3) is 5.91 Å². The van der Waals surface area contributed by atoms with E-state index in [0.717, 1.165) is 51.1 Å². The van der Waals surface area contributed by atoms with Crippen molar-refractivity contribution in [3.05, 3.63) is 94.0 Å². The van der Waals surface area contributed by atoms with Crippen molar-refractivity contribution in [3.8, 4) is 0 Å². The van der Waals surface area contributed by atoms with Gasteiger partial charge >= 0.3 is 0 Å². The summed E-state index contributed by atoms with van der Waals surface area (Å²) in [5.74, 6) is -0.0745. The Bertz CT molecular complexity index is 1170. The number of allylic oxidation sites excluding steroid dienone is 1. The normalized spacial score (nSPS) is 11.6. The molecule has 0 unspecified atom stereocenters. The van der Waals surface area contributed by atoms with Crippen LogP contribution in [0.4, 0.5) is 0 Å². The van der Waals surface area contributed by atoms with Gasteiger partial charge < -0.3 is 4.90 Å². The van der Waals surface area contributed by atoms with Crippen molar-refractivity contribution in [3.63, 3.8) is 0 Å². The fraction of sp³-hybridized carbons (Fsp3) is 0.296. The molecule has 0 saturated carbocycles. The Morgan fingerprint density at radius 1 is 1.03 bits per heavy atom. The first kappa shape index (κ1) is 22.4. The highest BCUT2D eigenvalue weighted by molar-refractivity contribution is 5.95. The van der Waals surface area contributed by atoms with Crippen molar-refractivity contribution >= 4 is 16.8 Å². The van der Waals surface area contributed by atoms with Crippen LogP contribution in [0.15, 0.2) is 60.2 Å². The molecule has 0 spiro atoms. The number of fused-ring (bicyclic) bond motifs is 1. The van der Waals surface area contributed by atoms with Crippen LogP contribution in [0.3, 0.4) is 0 Å². The molecule has 160 valence electrons. The van der Waals surface area contributed by atoms with Crippen molar-refractivity contribution in [2.24, 2.45) is 0 Å². The maximum atomic E-state index is 12.9. The third-order valence-electron chi connectivity index (χ3n) is 5.50. The lowest BCUT2D eigenvalue weighted by molar-refractivity contribution is -0.126. The number of rotatable bonds is 6. The van der Waals surface area contributed by atoms with Crippen molar-refractivity contribution in [2.45, 2.75) is 47.6 Å². The molecule has 1 amide bonds. The Morgan fingerprint density at radius 2 is 1.74 bits per heavy atom. The lowest BCUT2D eigenvalue weighted by Gasteiger charge is -2.20. The summed E-state index contributed by atoms with van der Waals surface area (Å²) in [7, 11) is 1.81. The number of aromatic nitrogens is 2. The van der Waals surface area contributed by atoms with E-state index in [2.05, 4.69) is 53.8 Å². The zero-order valence-corrected chi connectivity index (χ0v) is 19.4. The van der Waals surface area contributed by atoms with E-state index >= 15 is 0 Å². The fourth-order valence-corrected chi connectivity index (χ4v) is 3.95. The van der Waals surface area contributed by atoms with Crippen LogP contribution in [0.1, 0.15) is 40.7 Å². The van der Waals surface area contributed by atoms with Crippen molar-refractivity contribution < 1.29 is 4.79 Å². The molecule has 2 heterocycles. The number of amides is 1. The molecular weight excluding hydrogens is 382 g/mol. The third-order valence-corrected chi connectivity index (χ3v) is 5.50. The van der Waals surface area contributed by atoms with Gasteiger partial charge in [-0.15, -0.1) is 0 Å². The molecule has 0 aliphatic carbocycles. The van der Waals surface area contributed by atoms with Gasteiger partial charge in [0.1, 0.15) is 0 Å². The summed E-state index contributed by atoms with van der Waals surface area (Å²) in [6.45, 7) is 14.6. The molecule has 0 radical (unpaired) electrons. The van der Waals surface area contributed by atoms with E-state index in [4.69, 9.17) is 0 Å². The largest absolute Gasteiger partial charge is 0.337 e. The first-order valence-electron chi connectivity index (χ1n) is 10.6. The predicted molar refractivity (Wildman–Crippen MR) is 128 cm³/mol. The van der Waals surface area contributed by atoms with Crippen LogP contribution >= 0.6 is 0 Å². The monoisotopic (exact) mass is 413 g/mol. The van der Waals surface area contributed by atoms with Gasteiger partial charge in [-0.05, 0) is 75.9 Å². The van der Waals surface area contributed by atoms with Gasteiger partial charge in [0, 0.05) is 41.6 Å². The first-order chi connectivity index (χ1) is 14.6. The van der Waals surface area contributed by atoms with Crippen LogP contribution in [0.5, 0.6) is 0 Å². The molecule has 1 aromatic carbocycles. The molecule has 0 atom stereocenters. The van der Waals surface area contributed by atoms with Crippen molar-refractivity contribution in [1.82, 2.24) is 14.9 Å². The fourth-order valence-electron chi connectivity index (χ4n) is 3.95. The third kappa shape index (κ3) is 5.46. The van der Waals surface area contributed by atoms with Crippen LogP contribution in [-0.4, -0.2) is 27.8 Å². The number of aryl methyl sites for hydroxylation is 4. The number of hydrogen-bond donors (Lipinski definition) is 0. The highest BCUT2D eigenvalue weighted by Gasteiger charge is 2.15. The maximum Gasteiger partial charge on any atom is 0.253 e. The molecule has 0 aliphatic rings. The number of carbonyl (C=O) groups is 1. The lowest BCUT2D eigenvalue weighted by atomic mass is 10.0. The topological polar surface area (TPSA) is 46.1 Å². The number of nitrogens with zero attached hydrogens (tertiary/aromatic N) is 3. The Hall–Kier alpha value is -3.27. The molecule has 0 bridgehead atoms. The van der Waals surface area contributed by atoms with E-state index in [-0.39, 0.29) is 5.91 Å². The Balaban J connectivity index is 1.69. The number of likely N-dealkylation sites (N-methyl/N-ethyl adjacent to an activating group) is 1. The summed E-state index contributed by atoms with van der Waals surface area (Å²) in [5, 5.41) is 1.13. The zero-order valence-electron chi connectivity index (χ0n) is 19.4. The average molecular weight is 414 g/mol. The number of hydrogen-bond acceptors (Lipinski definition) is 3. The first-order valence-corrected chi connectivity index (χ1v) is 10.6. The van der Waals surface area contributed by atoms with E-state index < -0.39 is 0 Å². The summed E-state index contributed by atoms with van der Waals surface area (Å²) < 4.78 is 0. The second-order valence-corrected chi connectivity index (χ2v) is 8.48. The van der Waals surface area contributed by atoms with Crippen LogP contribution < -0.4 is 0 Å². The summed E-state index contributed by atoms with van der Waals surface area (Å²) in [6.07, 6.45) is 2.64. The summed E-state index contributed by atoms with van der Waals surface area (Å²) >= 11 is 0. The highest BCUT2D eigenvalue weighted by atomic mass is 16.2. The Labute approximate surface area is 185 Å². The van der Waals surface area contributed by atoms with E-state index in [0.29, 0.717) is 12.1 Å². The summed E-state index contributed by atoms with van der Waals surface area (Å²) in [5.41, 5.74) is 8.96. The minimum Gasteiger partial charge on any atom is -0.337 e. The minimum absolute atomic E-state index is 0.0745. The van der Waals surface area contributed by atoms with Crippen LogP contribution in [-0.2, 0) is 17.8 Å². The van der Waals surface area contributed by atoms with Crippen LogP contribution in [0, 0.1) is 27.7 Å². The molecule has 0 saturated heterocycles. The highest BCUT2D eigenvalue weighted by Crippen LogP contribution is 2.19. The lowest BCUT2D eigenvalue weighted by Crippen LogP contribution is -2.27. The molecule has 31 heavy (non-hydrogen) atoms. The number of pyridine rings is 2. The molecule has 3 aromatic rings. The molecule has 2 aromatic heterocycles. The van der Waals surface area contributed by atoms with Gasteiger partial charge in [-0.2, -0.15) is 0 Å². The summed E-state index contributed by atoms with van der Waals surface area (Å²) in [6, 6.07) is 12.5. The molecule has 0 fully saturated rings. The maximum absolute atomic E-state index is 12.9. The molecule has 4 nitrogen and oxygen atoms in total. The van der Waals surface area contributed by atoms with Crippen molar-refractivity contribution in [2.75, 3.05) is 7.05 Å². The van der Waals surface area contributed by atoms with Gasteiger partial charge in [-0.1, -0.05) is 36.4 Å². The van der Waals surface area contributed by atoms with E-state index in [1.54, 1.807) is 4.90 Å². The minimum atomic E-state index is -0.0745. The van der Waals surface area contributed by atoms with Crippen LogP contribution in [0.25, 0.3) is 10.9 Å². The molecular formula is C27H31N3O. The molecule has 0 aliphatic heterocycles. The SMILES string of the molecule is C=C(/C=C(\C)Cc1ccc2ccc(C)nc2c1)C(=O)N(C)Cc1c(C)cc(C)nc1C. The Kier molecular flexibility index (Phi) is 6.69. The summed E-state index contributed by atoms with van der Waals surface area (Å²) in [4.78, 5) is 23.7. The van der Waals surface area contributed by atoms with Gasteiger partial charge in [0.15, 0.2) is 0 Å². The van der Waals surface area contributed by atoms with E-state index in [1.807, 2.05) is 46.9 Å². The standard InChI is InChI=1S/C27H31N3O/c1-17(13-23-9-11-24-10-8-20(4)29-26(24)15-23)12-19(3)27(31)30(7)16-25-18(2)14-21(5)28-22(25)6/h8-12,14-15H,3,13,16H2,1-2,4-7H3/b17-12+.